The molecule has 0 spiro atoms. The van der Waals surface area contributed by atoms with E-state index in [1.54, 1.807) is 0 Å². The van der Waals surface area contributed by atoms with E-state index in [9.17, 15) is 0 Å². The van der Waals surface area contributed by atoms with Crippen molar-refractivity contribution in [1.29, 1.82) is 0 Å². The van der Waals surface area contributed by atoms with Crippen molar-refractivity contribution < 1.29 is 0 Å². The van der Waals surface area contributed by atoms with Gasteiger partial charge in [-0.05, 0) is 37.5 Å². The Balaban J connectivity index is 2.59. The van der Waals surface area contributed by atoms with E-state index in [-0.39, 0.29) is 0 Å². The van der Waals surface area contributed by atoms with E-state index in [0.717, 1.165) is 18.3 Å². The average Bonchev–Trinajstić information content (AvgIpc) is 2.11. The maximum Gasteiger partial charge on any atom is 0.0372 e. The van der Waals surface area contributed by atoms with Crippen LogP contribution >= 0.6 is 15.9 Å². The summed E-state index contributed by atoms with van der Waals surface area (Å²) in [5.74, 6) is 0. The summed E-state index contributed by atoms with van der Waals surface area (Å²) in [5.41, 5.74) is 3.90. The van der Waals surface area contributed by atoms with Crippen molar-refractivity contribution in [2.24, 2.45) is 0 Å². The molecule has 0 aliphatic heterocycles. The van der Waals surface area contributed by atoms with Gasteiger partial charge in [-0.15, -0.1) is 0 Å². The van der Waals surface area contributed by atoms with Gasteiger partial charge in [-0.3, -0.25) is 0 Å². The Labute approximate surface area is 88.7 Å². The van der Waals surface area contributed by atoms with Crippen LogP contribution in [0.4, 0.5) is 5.69 Å². The molecule has 1 nitrogen and oxygen atoms in total. The second-order valence-electron chi connectivity index (χ2n) is 3.29. The van der Waals surface area contributed by atoms with Crippen LogP contribution in [0.3, 0.4) is 0 Å². The van der Waals surface area contributed by atoms with E-state index in [4.69, 9.17) is 0 Å². The second-order valence-corrected chi connectivity index (χ2v) is 4.08. The standard InChI is InChI=1S/C11H16BrN/c1-9-4-5-10(2)11(8-9)13-7-3-6-12/h4-5,8,13H,3,6-7H2,1-2H3. The fraction of sp³-hybridized carbons (Fsp3) is 0.455. The fourth-order valence-corrected chi connectivity index (χ4v) is 1.50. The first-order valence-electron chi connectivity index (χ1n) is 4.61. The van der Waals surface area contributed by atoms with Gasteiger partial charge in [0.15, 0.2) is 0 Å². The smallest absolute Gasteiger partial charge is 0.0372 e. The SMILES string of the molecule is Cc1ccc(C)c(NCCCBr)c1. The van der Waals surface area contributed by atoms with Crippen molar-refractivity contribution in [3.63, 3.8) is 0 Å². The van der Waals surface area contributed by atoms with Gasteiger partial charge >= 0.3 is 0 Å². The highest BCUT2D eigenvalue weighted by atomic mass is 79.9. The molecule has 0 aliphatic carbocycles. The van der Waals surface area contributed by atoms with Gasteiger partial charge < -0.3 is 5.32 Å². The molecular formula is C11H16BrN. The van der Waals surface area contributed by atoms with Crippen molar-refractivity contribution in [1.82, 2.24) is 0 Å². The molecule has 1 aromatic rings. The largest absolute Gasteiger partial charge is 0.385 e. The maximum atomic E-state index is 3.42. The lowest BCUT2D eigenvalue weighted by Crippen LogP contribution is -2.03. The third-order valence-corrected chi connectivity index (χ3v) is 2.58. The summed E-state index contributed by atoms with van der Waals surface area (Å²) in [6.45, 7) is 5.29. The molecule has 0 aromatic heterocycles. The Kier molecular flexibility index (Phi) is 4.29. The van der Waals surface area contributed by atoms with E-state index in [1.165, 1.54) is 16.8 Å². The van der Waals surface area contributed by atoms with Crippen LogP contribution in [0.5, 0.6) is 0 Å². The Morgan fingerprint density at radius 2 is 2.08 bits per heavy atom. The lowest BCUT2D eigenvalue weighted by Gasteiger charge is -2.09. The molecule has 0 aliphatic rings. The summed E-state index contributed by atoms with van der Waals surface area (Å²) in [6, 6.07) is 6.50. The normalized spacial score (nSPS) is 10.1. The topological polar surface area (TPSA) is 12.0 Å². The van der Waals surface area contributed by atoms with Crippen LogP contribution in [0, 0.1) is 13.8 Å². The van der Waals surface area contributed by atoms with Gasteiger partial charge in [0.1, 0.15) is 0 Å². The number of benzene rings is 1. The minimum atomic E-state index is 1.04. The van der Waals surface area contributed by atoms with E-state index in [0.29, 0.717) is 0 Å². The highest BCUT2D eigenvalue weighted by molar-refractivity contribution is 9.09. The van der Waals surface area contributed by atoms with Gasteiger partial charge in [0, 0.05) is 17.6 Å². The zero-order chi connectivity index (χ0) is 9.68. The molecule has 72 valence electrons. The number of aryl methyl sites for hydroxylation is 2. The van der Waals surface area contributed by atoms with E-state index < -0.39 is 0 Å². The molecule has 0 fully saturated rings. The van der Waals surface area contributed by atoms with Crippen LogP contribution in [0.1, 0.15) is 17.5 Å². The van der Waals surface area contributed by atoms with Gasteiger partial charge in [-0.1, -0.05) is 28.1 Å². The Hall–Kier alpha value is -0.500. The molecule has 1 rings (SSSR count). The zero-order valence-corrected chi connectivity index (χ0v) is 9.82. The quantitative estimate of drug-likeness (QED) is 0.629. The molecular weight excluding hydrogens is 226 g/mol. The number of anilines is 1. The number of hydrogen-bond acceptors (Lipinski definition) is 1. The highest BCUT2D eigenvalue weighted by Crippen LogP contribution is 2.15. The average molecular weight is 242 g/mol. The van der Waals surface area contributed by atoms with Crippen molar-refractivity contribution in [3.05, 3.63) is 29.3 Å². The fourth-order valence-electron chi connectivity index (χ4n) is 1.22. The van der Waals surface area contributed by atoms with E-state index in [1.807, 2.05) is 0 Å². The monoisotopic (exact) mass is 241 g/mol. The molecule has 0 heterocycles. The summed E-state index contributed by atoms with van der Waals surface area (Å²) in [5, 5.41) is 4.49. The molecule has 1 N–H and O–H groups in total. The third-order valence-electron chi connectivity index (χ3n) is 2.02. The molecule has 2 heteroatoms. The lowest BCUT2D eigenvalue weighted by atomic mass is 10.1. The van der Waals surface area contributed by atoms with Gasteiger partial charge in [0.25, 0.3) is 0 Å². The molecule has 1 aromatic carbocycles. The second kappa shape index (κ2) is 5.28. The molecule has 0 amide bonds. The molecule has 0 atom stereocenters. The van der Waals surface area contributed by atoms with Crippen LogP contribution in [0.25, 0.3) is 0 Å². The molecule has 0 saturated heterocycles. The number of alkyl halides is 1. The van der Waals surface area contributed by atoms with Crippen LogP contribution in [0.2, 0.25) is 0 Å². The van der Waals surface area contributed by atoms with Crippen LogP contribution in [0.15, 0.2) is 18.2 Å². The van der Waals surface area contributed by atoms with Gasteiger partial charge in [-0.25, -0.2) is 0 Å². The van der Waals surface area contributed by atoms with Crippen LogP contribution in [-0.4, -0.2) is 11.9 Å². The van der Waals surface area contributed by atoms with Crippen LogP contribution < -0.4 is 5.32 Å². The maximum absolute atomic E-state index is 3.42. The first kappa shape index (κ1) is 10.6. The number of halogens is 1. The number of nitrogens with one attached hydrogen (secondary N) is 1. The predicted molar refractivity (Wildman–Crippen MR) is 62.8 cm³/mol. The van der Waals surface area contributed by atoms with Gasteiger partial charge in [0.2, 0.25) is 0 Å². The summed E-state index contributed by atoms with van der Waals surface area (Å²) in [7, 11) is 0. The zero-order valence-electron chi connectivity index (χ0n) is 8.23. The number of rotatable bonds is 4. The van der Waals surface area contributed by atoms with Crippen LogP contribution in [-0.2, 0) is 0 Å². The summed E-state index contributed by atoms with van der Waals surface area (Å²) >= 11 is 3.42. The van der Waals surface area contributed by atoms with Crippen molar-refractivity contribution in [2.75, 3.05) is 17.2 Å². The van der Waals surface area contributed by atoms with Gasteiger partial charge in [0.05, 0.1) is 0 Å². The Bertz CT molecular complexity index is 271. The Morgan fingerprint density at radius 1 is 1.31 bits per heavy atom. The first-order chi connectivity index (χ1) is 6.24. The Morgan fingerprint density at radius 3 is 2.77 bits per heavy atom. The third kappa shape index (κ3) is 3.39. The minimum Gasteiger partial charge on any atom is -0.385 e. The summed E-state index contributed by atoms with van der Waals surface area (Å²) in [4.78, 5) is 0. The van der Waals surface area contributed by atoms with E-state index in [2.05, 4.69) is 53.3 Å². The highest BCUT2D eigenvalue weighted by Gasteiger charge is 1.96. The van der Waals surface area contributed by atoms with Crippen molar-refractivity contribution in [2.45, 2.75) is 20.3 Å². The van der Waals surface area contributed by atoms with Gasteiger partial charge in [-0.2, -0.15) is 0 Å². The van der Waals surface area contributed by atoms with E-state index >= 15 is 0 Å². The van der Waals surface area contributed by atoms with Crippen molar-refractivity contribution >= 4 is 21.6 Å². The summed E-state index contributed by atoms with van der Waals surface area (Å²) < 4.78 is 0. The first-order valence-corrected chi connectivity index (χ1v) is 5.73. The molecule has 13 heavy (non-hydrogen) atoms. The predicted octanol–water partition coefficient (Wildman–Crippen LogP) is 3.50. The molecule has 0 saturated carbocycles. The summed E-state index contributed by atoms with van der Waals surface area (Å²) in [6.07, 6.45) is 1.16. The lowest BCUT2D eigenvalue weighted by molar-refractivity contribution is 0.996. The van der Waals surface area contributed by atoms with Crippen molar-refractivity contribution in [3.8, 4) is 0 Å². The molecule has 0 radical (unpaired) electrons. The molecule has 0 unspecified atom stereocenters. The minimum absolute atomic E-state index is 1.04. The number of hydrogen-bond donors (Lipinski definition) is 1. The molecule has 0 bridgehead atoms.